The molecule has 0 spiro atoms. The number of rotatable bonds is 17. The molecular weight excluding hydrogens is 1030 g/mol. The Balaban J connectivity index is 0.987. The zero-order valence-electron chi connectivity index (χ0n) is 46.5. The van der Waals surface area contributed by atoms with Crippen LogP contribution in [0.5, 0.6) is 0 Å². The number of ether oxygens (including phenoxy) is 8. The molecule has 0 radical (unpaired) electrons. The predicted molar refractivity (Wildman–Crippen MR) is 270 cm³/mol. The maximum atomic E-state index is 15.0. The zero-order chi connectivity index (χ0) is 57.5. The van der Waals surface area contributed by atoms with E-state index in [1.165, 1.54) is 0 Å². The van der Waals surface area contributed by atoms with Crippen LogP contribution in [0.25, 0.3) is 0 Å². The van der Waals surface area contributed by atoms with Crippen LogP contribution in [0.1, 0.15) is 114 Å². The molecule has 4 saturated heterocycles. The van der Waals surface area contributed by atoms with Gasteiger partial charge in [-0.05, 0) is 105 Å². The topological polar surface area (TPSA) is 374 Å². The average molecular weight is 1120 g/mol. The highest BCUT2D eigenvalue weighted by molar-refractivity contribution is 5.95. The van der Waals surface area contributed by atoms with Gasteiger partial charge in [0.1, 0.15) is 85.5 Å². The first-order valence-electron chi connectivity index (χ1n) is 28.2. The van der Waals surface area contributed by atoms with Crippen LogP contribution in [-0.2, 0) is 42.7 Å². The molecule has 4 aliphatic carbocycles. The molecule has 3 unspecified atom stereocenters. The lowest BCUT2D eigenvalue weighted by Gasteiger charge is -2.65. The molecule has 0 bridgehead atoms. The fourth-order valence-electron chi connectivity index (χ4n) is 15.6. The lowest BCUT2D eigenvalue weighted by Crippen LogP contribution is -2.65. The number of carbonyl (C=O) groups is 1. The molecule has 3 saturated carbocycles. The van der Waals surface area contributed by atoms with E-state index >= 15 is 0 Å². The number of ketones is 1. The molecule has 78 heavy (non-hydrogen) atoms. The highest BCUT2D eigenvalue weighted by Gasteiger charge is 2.70. The van der Waals surface area contributed by atoms with Crippen LogP contribution >= 0.6 is 0 Å². The Morgan fingerprint density at radius 2 is 1.15 bits per heavy atom. The van der Waals surface area contributed by atoms with Crippen molar-refractivity contribution in [2.24, 2.45) is 51.2 Å². The number of allylic oxidation sites excluding steroid dienone is 1. The number of aliphatic hydroxyl groups excluding tert-OH is 13. The molecule has 23 nitrogen and oxygen atoms in total. The van der Waals surface area contributed by atoms with Gasteiger partial charge in [0.05, 0.1) is 50.3 Å². The summed E-state index contributed by atoms with van der Waals surface area (Å²) in [5.74, 6) is -0.786. The van der Waals surface area contributed by atoms with Crippen molar-refractivity contribution in [1.82, 2.24) is 0 Å². The molecule has 450 valence electrons. The minimum Gasteiger partial charge on any atom is -0.394 e. The second-order valence-electron chi connectivity index (χ2n) is 26.1. The number of hydrogen-bond donors (Lipinski definition) is 14. The van der Waals surface area contributed by atoms with E-state index in [-0.39, 0.29) is 46.7 Å². The van der Waals surface area contributed by atoms with Gasteiger partial charge in [-0.15, -0.1) is 0 Å². The first-order chi connectivity index (χ1) is 36.4. The van der Waals surface area contributed by atoms with Crippen molar-refractivity contribution >= 4 is 5.78 Å². The quantitative estimate of drug-likeness (QED) is 0.0768. The van der Waals surface area contributed by atoms with Gasteiger partial charge in [-0.2, -0.15) is 0 Å². The minimum absolute atomic E-state index is 0.0287. The van der Waals surface area contributed by atoms with E-state index in [1.54, 1.807) is 20.8 Å². The van der Waals surface area contributed by atoms with E-state index in [9.17, 15) is 76.3 Å². The van der Waals surface area contributed by atoms with Crippen LogP contribution in [0.3, 0.4) is 0 Å². The molecular formula is C55H92O23. The molecule has 7 fully saturated rings. The van der Waals surface area contributed by atoms with Crippen LogP contribution in [0, 0.1) is 51.2 Å². The van der Waals surface area contributed by atoms with Crippen molar-refractivity contribution in [3.8, 4) is 0 Å². The lowest BCUT2D eigenvalue weighted by atomic mass is 9.39. The van der Waals surface area contributed by atoms with Crippen molar-refractivity contribution in [2.75, 3.05) is 26.4 Å². The van der Waals surface area contributed by atoms with Gasteiger partial charge in [-0.25, -0.2) is 0 Å². The van der Waals surface area contributed by atoms with Crippen molar-refractivity contribution in [2.45, 2.75) is 248 Å². The van der Waals surface area contributed by atoms with Gasteiger partial charge < -0.3 is 109 Å². The third-order valence-corrected chi connectivity index (χ3v) is 20.8. The number of hydrogen-bond acceptors (Lipinski definition) is 23. The normalized spacial score (nSPS) is 50.5. The second kappa shape index (κ2) is 23.5. The number of carbonyl (C=O) groups excluding carboxylic acids is 1. The Morgan fingerprint density at radius 3 is 1.73 bits per heavy atom. The van der Waals surface area contributed by atoms with E-state index in [4.69, 9.17) is 37.9 Å². The SMILES string of the molecule is C[C@@H]1[C@@H](O)[C@@H](OC[C@H]2O[C@@H](O[C@H](CC[C@@H](C)C3CC[C@@]4(C)C5C(=O)C=C6C(CC[C@H](O[C@@H]7O[C@H](CO)[C@@H](O)[C@H](O)[C@H]7O)C6(C)C)[C@]5(C)CC[C@]34C)C(C)(C)O)[C@H](O[C@@H]3O[C@H](CO)[C@@H](O)[C@H](O)[C@H]3O)[C@@H](O)[C@@H]2O)O[C@H](CO)[C@H]1O. The first-order valence-corrected chi connectivity index (χ1v) is 28.2. The Kier molecular flexibility index (Phi) is 18.9. The summed E-state index contributed by atoms with van der Waals surface area (Å²) in [6.07, 6.45) is -23.7. The molecule has 0 aromatic carbocycles. The van der Waals surface area contributed by atoms with E-state index in [1.807, 2.05) is 19.9 Å². The Morgan fingerprint density at radius 1 is 0.615 bits per heavy atom. The molecule has 8 rings (SSSR count). The highest BCUT2D eigenvalue weighted by Crippen LogP contribution is 2.74. The maximum absolute atomic E-state index is 15.0. The van der Waals surface area contributed by atoms with Gasteiger partial charge in [-0.3, -0.25) is 4.79 Å². The van der Waals surface area contributed by atoms with Gasteiger partial charge in [-0.1, -0.05) is 54.0 Å². The zero-order valence-corrected chi connectivity index (χ0v) is 46.5. The van der Waals surface area contributed by atoms with E-state index in [2.05, 4.69) is 27.7 Å². The van der Waals surface area contributed by atoms with Gasteiger partial charge in [0, 0.05) is 17.3 Å². The summed E-state index contributed by atoms with van der Waals surface area (Å²) < 4.78 is 48.1. The van der Waals surface area contributed by atoms with Crippen molar-refractivity contribution in [3.05, 3.63) is 11.6 Å². The molecule has 29 atom stereocenters. The molecule has 0 aromatic heterocycles. The molecule has 8 aliphatic rings. The van der Waals surface area contributed by atoms with E-state index in [0.29, 0.717) is 19.3 Å². The third kappa shape index (κ3) is 11.0. The molecule has 0 amide bonds. The summed E-state index contributed by atoms with van der Waals surface area (Å²) in [7, 11) is 0. The van der Waals surface area contributed by atoms with Gasteiger partial charge in [0.25, 0.3) is 0 Å². The number of fused-ring (bicyclic) bond motifs is 5. The van der Waals surface area contributed by atoms with Gasteiger partial charge in [0.2, 0.25) is 0 Å². The Hall–Kier alpha value is -1.47. The smallest absolute Gasteiger partial charge is 0.187 e. The van der Waals surface area contributed by atoms with E-state index < -0.39 is 178 Å². The molecule has 14 N–H and O–H groups in total. The summed E-state index contributed by atoms with van der Waals surface area (Å²) in [4.78, 5) is 15.0. The largest absolute Gasteiger partial charge is 0.394 e. The maximum Gasteiger partial charge on any atom is 0.187 e. The van der Waals surface area contributed by atoms with Crippen LogP contribution < -0.4 is 0 Å². The van der Waals surface area contributed by atoms with Crippen LogP contribution in [0.4, 0.5) is 0 Å². The Bertz CT molecular complexity index is 2070. The summed E-state index contributed by atoms with van der Waals surface area (Å²) in [5, 5.41) is 150. The summed E-state index contributed by atoms with van der Waals surface area (Å²) in [5.41, 5.74) is -2.34. The van der Waals surface area contributed by atoms with Crippen LogP contribution in [0.2, 0.25) is 0 Å². The summed E-state index contributed by atoms with van der Waals surface area (Å²) in [6, 6.07) is 0. The minimum atomic E-state index is -1.91. The Labute approximate surface area is 456 Å². The number of aliphatic hydroxyl groups is 14. The van der Waals surface area contributed by atoms with Crippen LogP contribution in [0.15, 0.2) is 11.6 Å². The monoisotopic (exact) mass is 1120 g/mol. The predicted octanol–water partition coefficient (Wildman–Crippen LogP) is -1.75. The standard InChI is InChI=1S/C55H92O23/c1-23(25-14-15-55(9)46-28(59)18-27-26(53(46,7)16-17-54(25,55)8)11-13-33(51(27,3)4)76-48-43(68)40(65)37(62)30(20-57)73-48)10-12-34(52(5,6)70)77-50-45(78-49-44(69)41(66)38(63)31(21-58)74-49)42(67)39(64)32(75-50)22-71-47-36(61)24(2)35(60)29(19-56)72-47/h18,23-26,29-50,56-58,60-70H,10-17,19-22H2,1-9H3/t23-,24+,25?,26?,29-,30-,31-,32-,33+,34-,35+,36-,37-,38-,39-,40+,41+,42+,43-,44-,45-,46?,47+,48+,49+,50+,53+,54-,55+/m1/s1. The van der Waals surface area contributed by atoms with Gasteiger partial charge in [0.15, 0.2) is 30.9 Å². The lowest BCUT2D eigenvalue weighted by molar-refractivity contribution is -0.380. The fraction of sp³-hybridized carbons (Fsp3) is 0.945. The molecule has 4 aliphatic heterocycles. The molecule has 4 heterocycles. The van der Waals surface area contributed by atoms with E-state index in [0.717, 1.165) is 31.3 Å². The highest BCUT2D eigenvalue weighted by atomic mass is 16.8. The summed E-state index contributed by atoms with van der Waals surface area (Å²) >= 11 is 0. The summed E-state index contributed by atoms with van der Waals surface area (Å²) in [6.45, 7) is 15.2. The van der Waals surface area contributed by atoms with Crippen molar-refractivity contribution in [1.29, 1.82) is 0 Å². The van der Waals surface area contributed by atoms with Crippen molar-refractivity contribution in [3.63, 3.8) is 0 Å². The van der Waals surface area contributed by atoms with Crippen LogP contribution in [-0.4, -0.2) is 238 Å². The van der Waals surface area contributed by atoms with Crippen molar-refractivity contribution < 1.29 is 114 Å². The third-order valence-electron chi connectivity index (χ3n) is 20.8. The molecule has 23 heteroatoms. The average Bonchev–Trinajstić information content (AvgIpc) is 3.84. The molecule has 0 aromatic rings. The second-order valence-corrected chi connectivity index (χ2v) is 26.1. The van der Waals surface area contributed by atoms with Gasteiger partial charge >= 0.3 is 0 Å². The fourth-order valence-corrected chi connectivity index (χ4v) is 15.6. The first kappa shape index (κ1) is 62.6.